The summed E-state index contributed by atoms with van der Waals surface area (Å²) in [6.45, 7) is 0.561. The molecule has 1 aliphatic carbocycles. The normalized spacial score (nSPS) is 17.5. The van der Waals surface area contributed by atoms with E-state index in [-0.39, 0.29) is 5.91 Å². The Kier molecular flexibility index (Phi) is 3.52. The fourth-order valence-corrected chi connectivity index (χ4v) is 3.97. The lowest BCUT2D eigenvalue weighted by Crippen LogP contribution is -2.45. The summed E-state index contributed by atoms with van der Waals surface area (Å²) in [7, 11) is 1.78. The molecule has 0 saturated heterocycles. The molecule has 0 aliphatic heterocycles. The van der Waals surface area contributed by atoms with Crippen LogP contribution in [0, 0.1) is 0 Å². The SMILES string of the molecule is CN(Cc1csc2ccccc12)C(=O)C1(O)CCCC1. The van der Waals surface area contributed by atoms with Gasteiger partial charge in [0.15, 0.2) is 0 Å². The topological polar surface area (TPSA) is 40.5 Å². The number of rotatable bonds is 3. The van der Waals surface area contributed by atoms with Crippen LogP contribution in [0.5, 0.6) is 0 Å². The molecule has 1 fully saturated rings. The van der Waals surface area contributed by atoms with E-state index in [9.17, 15) is 9.90 Å². The number of thiophene rings is 1. The number of carbonyl (C=O) groups excluding carboxylic acids is 1. The largest absolute Gasteiger partial charge is 0.380 e. The van der Waals surface area contributed by atoms with Gasteiger partial charge < -0.3 is 10.0 Å². The summed E-state index contributed by atoms with van der Waals surface area (Å²) in [4.78, 5) is 14.1. The number of aliphatic hydroxyl groups is 1. The Morgan fingerprint density at radius 3 is 2.80 bits per heavy atom. The van der Waals surface area contributed by atoms with Crippen LogP contribution in [0.2, 0.25) is 0 Å². The van der Waals surface area contributed by atoms with Gasteiger partial charge in [-0.2, -0.15) is 0 Å². The fourth-order valence-electron chi connectivity index (χ4n) is 3.01. The molecule has 1 aromatic carbocycles. The molecule has 1 aromatic heterocycles. The lowest BCUT2D eigenvalue weighted by Gasteiger charge is -2.27. The standard InChI is InChI=1S/C16H19NO2S/c1-17(15(18)16(19)8-4-5-9-16)10-12-11-20-14-7-3-2-6-13(12)14/h2-3,6-7,11,19H,4-5,8-10H2,1H3. The van der Waals surface area contributed by atoms with Gasteiger partial charge in [-0.15, -0.1) is 11.3 Å². The van der Waals surface area contributed by atoms with Crippen molar-refractivity contribution in [2.45, 2.75) is 37.8 Å². The molecule has 1 aliphatic rings. The molecule has 0 unspecified atom stereocenters. The number of likely N-dealkylation sites (N-methyl/N-ethyl adjacent to an activating group) is 1. The Hall–Kier alpha value is -1.39. The Balaban J connectivity index is 1.78. The van der Waals surface area contributed by atoms with E-state index in [0.29, 0.717) is 19.4 Å². The van der Waals surface area contributed by atoms with E-state index in [1.54, 1.807) is 23.3 Å². The number of fused-ring (bicyclic) bond motifs is 1. The number of amides is 1. The predicted molar refractivity (Wildman–Crippen MR) is 81.7 cm³/mol. The first kappa shape index (κ1) is 13.6. The Morgan fingerprint density at radius 1 is 1.35 bits per heavy atom. The minimum absolute atomic E-state index is 0.134. The molecule has 0 spiro atoms. The highest BCUT2D eigenvalue weighted by Crippen LogP contribution is 2.32. The Bertz CT molecular complexity index is 628. The van der Waals surface area contributed by atoms with E-state index >= 15 is 0 Å². The lowest BCUT2D eigenvalue weighted by molar-refractivity contribution is -0.149. The molecular formula is C16H19NO2S. The summed E-state index contributed by atoms with van der Waals surface area (Å²) in [6.07, 6.45) is 3.08. The number of carbonyl (C=O) groups is 1. The molecule has 0 bridgehead atoms. The van der Waals surface area contributed by atoms with E-state index in [1.807, 2.05) is 12.1 Å². The summed E-state index contributed by atoms with van der Waals surface area (Å²) in [5.74, 6) is -0.134. The maximum absolute atomic E-state index is 12.4. The van der Waals surface area contributed by atoms with E-state index < -0.39 is 5.60 Å². The van der Waals surface area contributed by atoms with Crippen LogP contribution in [-0.2, 0) is 11.3 Å². The minimum Gasteiger partial charge on any atom is -0.380 e. The maximum atomic E-state index is 12.4. The van der Waals surface area contributed by atoms with E-state index in [4.69, 9.17) is 0 Å². The molecule has 1 heterocycles. The number of nitrogens with zero attached hydrogens (tertiary/aromatic N) is 1. The van der Waals surface area contributed by atoms with Crippen molar-refractivity contribution in [2.75, 3.05) is 7.05 Å². The van der Waals surface area contributed by atoms with Crippen molar-refractivity contribution in [1.29, 1.82) is 0 Å². The van der Waals surface area contributed by atoms with E-state index in [2.05, 4.69) is 17.5 Å². The average Bonchev–Trinajstić information content (AvgIpc) is 3.06. The molecular weight excluding hydrogens is 270 g/mol. The molecule has 0 radical (unpaired) electrons. The zero-order valence-corrected chi connectivity index (χ0v) is 12.4. The molecule has 106 valence electrons. The van der Waals surface area contributed by atoms with Gasteiger partial charge in [-0.1, -0.05) is 18.2 Å². The van der Waals surface area contributed by atoms with Crippen LogP contribution in [-0.4, -0.2) is 28.6 Å². The molecule has 20 heavy (non-hydrogen) atoms. The van der Waals surface area contributed by atoms with Crippen LogP contribution in [0.4, 0.5) is 0 Å². The molecule has 3 nitrogen and oxygen atoms in total. The maximum Gasteiger partial charge on any atom is 0.254 e. The smallest absolute Gasteiger partial charge is 0.254 e. The molecule has 0 atom stereocenters. The zero-order chi connectivity index (χ0) is 14.2. The van der Waals surface area contributed by atoms with Crippen molar-refractivity contribution in [1.82, 2.24) is 4.90 Å². The highest BCUT2D eigenvalue weighted by molar-refractivity contribution is 7.17. The van der Waals surface area contributed by atoms with Crippen LogP contribution in [0.1, 0.15) is 31.2 Å². The molecule has 4 heteroatoms. The van der Waals surface area contributed by atoms with Crippen molar-refractivity contribution in [3.8, 4) is 0 Å². The van der Waals surface area contributed by atoms with Crippen LogP contribution in [0.3, 0.4) is 0 Å². The second-order valence-electron chi connectivity index (χ2n) is 5.66. The quantitative estimate of drug-likeness (QED) is 0.943. The van der Waals surface area contributed by atoms with Gasteiger partial charge in [0, 0.05) is 18.3 Å². The van der Waals surface area contributed by atoms with Gasteiger partial charge in [-0.3, -0.25) is 4.79 Å². The van der Waals surface area contributed by atoms with Crippen molar-refractivity contribution >= 4 is 27.3 Å². The van der Waals surface area contributed by atoms with Crippen LogP contribution in [0.15, 0.2) is 29.6 Å². The van der Waals surface area contributed by atoms with Gasteiger partial charge in [0.1, 0.15) is 5.60 Å². The first-order chi connectivity index (χ1) is 9.60. The highest BCUT2D eigenvalue weighted by Gasteiger charge is 2.40. The minimum atomic E-state index is -1.12. The molecule has 2 aromatic rings. The van der Waals surface area contributed by atoms with Crippen molar-refractivity contribution in [2.24, 2.45) is 0 Å². The van der Waals surface area contributed by atoms with Gasteiger partial charge in [-0.05, 0) is 48.1 Å². The first-order valence-corrected chi connectivity index (χ1v) is 7.91. The third-order valence-corrected chi connectivity index (χ3v) is 5.16. The van der Waals surface area contributed by atoms with Gasteiger partial charge in [-0.25, -0.2) is 0 Å². The summed E-state index contributed by atoms with van der Waals surface area (Å²) < 4.78 is 1.24. The number of benzene rings is 1. The highest BCUT2D eigenvalue weighted by atomic mass is 32.1. The monoisotopic (exact) mass is 289 g/mol. The molecule has 1 saturated carbocycles. The van der Waals surface area contributed by atoms with E-state index in [1.165, 1.54) is 10.1 Å². The second-order valence-corrected chi connectivity index (χ2v) is 6.57. The van der Waals surface area contributed by atoms with Crippen LogP contribution < -0.4 is 0 Å². The van der Waals surface area contributed by atoms with Gasteiger partial charge in [0.2, 0.25) is 0 Å². The Labute approximate surface area is 122 Å². The van der Waals surface area contributed by atoms with Crippen molar-refractivity contribution < 1.29 is 9.90 Å². The summed E-state index contributed by atoms with van der Waals surface area (Å²) >= 11 is 1.70. The van der Waals surface area contributed by atoms with Gasteiger partial charge >= 0.3 is 0 Å². The van der Waals surface area contributed by atoms with Crippen molar-refractivity contribution in [3.05, 3.63) is 35.2 Å². The predicted octanol–water partition coefficient (Wildman–Crippen LogP) is 3.16. The molecule has 3 rings (SSSR count). The van der Waals surface area contributed by atoms with Crippen LogP contribution >= 0.6 is 11.3 Å². The third-order valence-electron chi connectivity index (χ3n) is 4.14. The Morgan fingerprint density at radius 2 is 2.05 bits per heavy atom. The summed E-state index contributed by atoms with van der Waals surface area (Å²) in [5.41, 5.74) is 0.0312. The third kappa shape index (κ3) is 2.34. The van der Waals surface area contributed by atoms with Gasteiger partial charge in [0.25, 0.3) is 5.91 Å². The summed E-state index contributed by atoms with van der Waals surface area (Å²) in [6, 6.07) is 8.23. The molecule has 1 N–H and O–H groups in total. The number of hydrogen-bond acceptors (Lipinski definition) is 3. The molecule has 1 amide bonds. The second kappa shape index (κ2) is 5.19. The lowest BCUT2D eigenvalue weighted by atomic mass is 10.0. The summed E-state index contributed by atoms with van der Waals surface area (Å²) in [5, 5.41) is 13.7. The average molecular weight is 289 g/mol. The first-order valence-electron chi connectivity index (χ1n) is 7.03. The van der Waals surface area contributed by atoms with Gasteiger partial charge in [0.05, 0.1) is 0 Å². The fraction of sp³-hybridized carbons (Fsp3) is 0.438. The van der Waals surface area contributed by atoms with E-state index in [0.717, 1.165) is 18.4 Å². The van der Waals surface area contributed by atoms with Crippen LogP contribution in [0.25, 0.3) is 10.1 Å². The number of hydrogen-bond donors (Lipinski definition) is 1. The van der Waals surface area contributed by atoms with Crippen molar-refractivity contribution in [3.63, 3.8) is 0 Å². The zero-order valence-electron chi connectivity index (χ0n) is 11.6.